The van der Waals surface area contributed by atoms with E-state index in [1.807, 2.05) is 24.3 Å². The van der Waals surface area contributed by atoms with Gasteiger partial charge in [-0.05, 0) is 40.8 Å². The molecule has 0 saturated carbocycles. The smallest absolute Gasteiger partial charge is 0.168 e. The molecule has 2 aromatic rings. The zero-order chi connectivity index (χ0) is 13.8. The van der Waals surface area contributed by atoms with Gasteiger partial charge in [-0.2, -0.15) is 0 Å². The number of nitrogens with two attached hydrogens (primary N) is 1. The molecule has 0 amide bonds. The van der Waals surface area contributed by atoms with E-state index >= 15 is 0 Å². The summed E-state index contributed by atoms with van der Waals surface area (Å²) in [4.78, 5) is 8.76. The predicted molar refractivity (Wildman–Crippen MR) is 83.2 cm³/mol. The van der Waals surface area contributed by atoms with Gasteiger partial charge in [-0.3, -0.25) is 0 Å². The van der Waals surface area contributed by atoms with E-state index in [-0.39, 0.29) is 5.92 Å². The molecule has 0 saturated heterocycles. The molecule has 4 nitrogen and oxygen atoms in total. The van der Waals surface area contributed by atoms with E-state index in [2.05, 4.69) is 46.4 Å². The quantitative estimate of drug-likeness (QED) is 0.839. The van der Waals surface area contributed by atoms with Gasteiger partial charge in [-0.25, -0.2) is 9.97 Å². The Bertz CT molecular complexity index is 572. The van der Waals surface area contributed by atoms with Crippen molar-refractivity contribution in [2.45, 2.75) is 26.3 Å². The summed E-state index contributed by atoms with van der Waals surface area (Å²) in [5.74, 6) is 2.45. The second-order valence-electron chi connectivity index (χ2n) is 4.46. The highest BCUT2D eigenvalue weighted by Crippen LogP contribution is 2.25. The summed E-state index contributed by atoms with van der Waals surface area (Å²) in [6.07, 6.45) is 1.70. The van der Waals surface area contributed by atoms with Crippen LogP contribution >= 0.6 is 22.6 Å². The van der Waals surface area contributed by atoms with E-state index in [0.717, 1.165) is 20.8 Å². The third-order valence-electron chi connectivity index (χ3n) is 2.58. The van der Waals surface area contributed by atoms with Crippen molar-refractivity contribution in [1.82, 2.24) is 9.97 Å². The lowest BCUT2D eigenvalue weighted by Gasteiger charge is -2.11. The minimum atomic E-state index is 0.275. The maximum atomic E-state index is 5.81. The standard InChI is InChI=1S/C14H16IN3O/c1-9(2)14-17-8-13(12(7-16)18-14)19-11-5-3-4-10(15)6-11/h3-6,8-9H,7,16H2,1-2H3. The van der Waals surface area contributed by atoms with E-state index in [0.29, 0.717) is 12.3 Å². The van der Waals surface area contributed by atoms with Crippen molar-refractivity contribution >= 4 is 22.6 Å². The van der Waals surface area contributed by atoms with Crippen LogP contribution < -0.4 is 10.5 Å². The second-order valence-corrected chi connectivity index (χ2v) is 5.70. The maximum Gasteiger partial charge on any atom is 0.168 e. The summed E-state index contributed by atoms with van der Waals surface area (Å²) in [6.45, 7) is 4.44. The highest BCUT2D eigenvalue weighted by Gasteiger charge is 2.10. The Morgan fingerprint density at radius 3 is 2.79 bits per heavy atom. The SMILES string of the molecule is CC(C)c1ncc(Oc2cccc(I)c2)c(CN)n1. The minimum Gasteiger partial charge on any atom is -0.454 e. The summed E-state index contributed by atoms with van der Waals surface area (Å²) in [5, 5.41) is 0. The average molecular weight is 369 g/mol. The van der Waals surface area contributed by atoms with Crippen LogP contribution in [0.1, 0.15) is 31.3 Å². The van der Waals surface area contributed by atoms with Gasteiger partial charge >= 0.3 is 0 Å². The number of ether oxygens (including phenoxy) is 1. The zero-order valence-corrected chi connectivity index (χ0v) is 13.1. The largest absolute Gasteiger partial charge is 0.454 e. The Hall–Kier alpha value is -1.21. The fraction of sp³-hybridized carbons (Fsp3) is 0.286. The van der Waals surface area contributed by atoms with E-state index in [4.69, 9.17) is 10.5 Å². The molecule has 0 unspecified atom stereocenters. The third kappa shape index (κ3) is 3.63. The molecule has 0 fully saturated rings. The Balaban J connectivity index is 2.29. The van der Waals surface area contributed by atoms with Gasteiger partial charge in [-0.1, -0.05) is 19.9 Å². The molecule has 19 heavy (non-hydrogen) atoms. The van der Waals surface area contributed by atoms with Crippen LogP contribution in [0.4, 0.5) is 0 Å². The topological polar surface area (TPSA) is 61.0 Å². The van der Waals surface area contributed by atoms with E-state index in [9.17, 15) is 0 Å². The first-order valence-electron chi connectivity index (χ1n) is 6.09. The van der Waals surface area contributed by atoms with E-state index in [1.54, 1.807) is 6.20 Å². The third-order valence-corrected chi connectivity index (χ3v) is 3.25. The number of hydrogen-bond donors (Lipinski definition) is 1. The molecule has 5 heteroatoms. The first-order chi connectivity index (χ1) is 9.10. The first-order valence-corrected chi connectivity index (χ1v) is 7.17. The molecular weight excluding hydrogens is 353 g/mol. The molecule has 0 radical (unpaired) electrons. The fourth-order valence-electron chi connectivity index (χ4n) is 1.59. The number of halogens is 1. The highest BCUT2D eigenvalue weighted by molar-refractivity contribution is 14.1. The molecule has 1 aromatic heterocycles. The molecule has 0 bridgehead atoms. The second kappa shape index (κ2) is 6.29. The molecule has 0 atom stereocenters. The van der Waals surface area contributed by atoms with E-state index in [1.165, 1.54) is 0 Å². The van der Waals surface area contributed by atoms with Gasteiger partial charge in [0.25, 0.3) is 0 Å². The van der Waals surface area contributed by atoms with Crippen molar-refractivity contribution in [2.75, 3.05) is 0 Å². The number of rotatable bonds is 4. The molecule has 2 N–H and O–H groups in total. The van der Waals surface area contributed by atoms with Gasteiger partial charge in [-0.15, -0.1) is 0 Å². The Labute approximate surface area is 126 Å². The van der Waals surface area contributed by atoms with Crippen LogP contribution in [-0.2, 0) is 6.54 Å². The van der Waals surface area contributed by atoms with Crippen LogP contribution in [0.15, 0.2) is 30.5 Å². The molecule has 0 aliphatic carbocycles. The molecule has 100 valence electrons. The van der Waals surface area contributed by atoms with Crippen molar-refractivity contribution in [2.24, 2.45) is 5.73 Å². The van der Waals surface area contributed by atoms with Crippen LogP contribution in [0.2, 0.25) is 0 Å². The summed E-state index contributed by atoms with van der Waals surface area (Å²) in [5.41, 5.74) is 6.47. The summed E-state index contributed by atoms with van der Waals surface area (Å²) >= 11 is 2.24. The zero-order valence-electron chi connectivity index (χ0n) is 10.9. The summed E-state index contributed by atoms with van der Waals surface area (Å²) < 4.78 is 6.92. The lowest BCUT2D eigenvalue weighted by Crippen LogP contribution is -2.07. The monoisotopic (exact) mass is 369 g/mol. The van der Waals surface area contributed by atoms with Crippen LogP contribution in [-0.4, -0.2) is 9.97 Å². The van der Waals surface area contributed by atoms with Crippen molar-refractivity contribution in [1.29, 1.82) is 0 Å². The lowest BCUT2D eigenvalue weighted by atomic mass is 10.2. The lowest BCUT2D eigenvalue weighted by molar-refractivity contribution is 0.467. The van der Waals surface area contributed by atoms with Gasteiger partial charge in [0.1, 0.15) is 17.3 Å². The number of aromatic nitrogens is 2. The van der Waals surface area contributed by atoms with Crippen molar-refractivity contribution in [3.63, 3.8) is 0 Å². The normalized spacial score (nSPS) is 10.8. The van der Waals surface area contributed by atoms with Gasteiger partial charge < -0.3 is 10.5 Å². The molecule has 0 aliphatic heterocycles. The van der Waals surface area contributed by atoms with Crippen LogP contribution in [0.5, 0.6) is 11.5 Å². The van der Waals surface area contributed by atoms with Crippen molar-refractivity contribution in [3.05, 3.63) is 45.6 Å². The van der Waals surface area contributed by atoms with E-state index < -0.39 is 0 Å². The molecule has 1 aromatic carbocycles. The molecule has 0 aliphatic rings. The van der Waals surface area contributed by atoms with Gasteiger partial charge in [0.2, 0.25) is 0 Å². The van der Waals surface area contributed by atoms with Crippen molar-refractivity contribution in [3.8, 4) is 11.5 Å². The van der Waals surface area contributed by atoms with Crippen LogP contribution in [0.3, 0.4) is 0 Å². The van der Waals surface area contributed by atoms with Gasteiger partial charge in [0.05, 0.1) is 6.20 Å². The number of benzene rings is 1. The Kier molecular flexibility index (Phi) is 4.71. The first kappa shape index (κ1) is 14.2. The minimum absolute atomic E-state index is 0.275. The fourth-order valence-corrected chi connectivity index (χ4v) is 2.10. The number of hydrogen-bond acceptors (Lipinski definition) is 4. The van der Waals surface area contributed by atoms with Crippen LogP contribution in [0, 0.1) is 3.57 Å². The average Bonchev–Trinajstić information content (AvgIpc) is 2.39. The van der Waals surface area contributed by atoms with Gasteiger partial charge in [0, 0.05) is 16.0 Å². The maximum absolute atomic E-state index is 5.81. The summed E-state index contributed by atoms with van der Waals surface area (Å²) in [6, 6.07) is 7.81. The van der Waals surface area contributed by atoms with Crippen molar-refractivity contribution < 1.29 is 4.74 Å². The predicted octanol–water partition coefficient (Wildman–Crippen LogP) is 3.46. The number of nitrogens with zero attached hydrogens (tertiary/aromatic N) is 2. The molecule has 2 rings (SSSR count). The Morgan fingerprint density at radius 2 is 2.16 bits per heavy atom. The molecular formula is C14H16IN3O. The highest BCUT2D eigenvalue weighted by atomic mass is 127. The summed E-state index contributed by atoms with van der Waals surface area (Å²) in [7, 11) is 0. The molecule has 0 spiro atoms. The Morgan fingerprint density at radius 1 is 1.37 bits per heavy atom. The van der Waals surface area contributed by atoms with Crippen LogP contribution in [0.25, 0.3) is 0 Å². The van der Waals surface area contributed by atoms with Gasteiger partial charge in [0.15, 0.2) is 5.75 Å². The molecule has 1 heterocycles.